The van der Waals surface area contributed by atoms with E-state index in [9.17, 15) is 9.90 Å². The predicted octanol–water partition coefficient (Wildman–Crippen LogP) is 4.12. The molecule has 2 N–H and O–H groups in total. The number of phenolic OH excluding ortho intramolecular Hbond substituents is 1. The molecule has 2 aromatic rings. The van der Waals surface area contributed by atoms with E-state index in [-0.39, 0.29) is 17.4 Å². The zero-order chi connectivity index (χ0) is 20.3. The Labute approximate surface area is 173 Å². The van der Waals surface area contributed by atoms with E-state index < -0.39 is 0 Å². The highest BCUT2D eigenvalue weighted by Crippen LogP contribution is 2.49. The van der Waals surface area contributed by atoms with Crippen molar-refractivity contribution in [1.29, 1.82) is 0 Å². The largest absolute Gasteiger partial charge is 0.508 e. The van der Waals surface area contributed by atoms with Crippen LogP contribution in [0.15, 0.2) is 67.3 Å². The summed E-state index contributed by atoms with van der Waals surface area (Å²) in [5, 5.41) is 13.4. The molecule has 2 aromatic carbocycles. The highest BCUT2D eigenvalue weighted by atomic mass is 16.3. The minimum absolute atomic E-state index is 0.00389. The van der Waals surface area contributed by atoms with Crippen molar-refractivity contribution in [3.8, 4) is 5.75 Å². The molecule has 152 valence electrons. The van der Waals surface area contributed by atoms with E-state index in [1.807, 2.05) is 48.5 Å². The summed E-state index contributed by atoms with van der Waals surface area (Å²) in [4.78, 5) is 15.2. The number of nitrogens with one attached hydrogen (secondary N) is 1. The molecular weight excluding hydrogens is 360 g/mol. The summed E-state index contributed by atoms with van der Waals surface area (Å²) in [5.41, 5.74) is 1.91. The molecule has 29 heavy (non-hydrogen) atoms. The number of benzene rings is 2. The van der Waals surface area contributed by atoms with Gasteiger partial charge in [-0.3, -0.25) is 9.69 Å². The molecule has 1 heterocycles. The second-order valence-corrected chi connectivity index (χ2v) is 8.52. The van der Waals surface area contributed by atoms with E-state index in [2.05, 4.69) is 22.9 Å². The molecule has 2 fully saturated rings. The maximum absolute atomic E-state index is 12.7. The molecule has 0 bridgehead atoms. The van der Waals surface area contributed by atoms with E-state index in [0.717, 1.165) is 45.3 Å². The number of hydrogen-bond donors (Lipinski definition) is 2. The number of aromatic hydroxyl groups is 1. The first-order chi connectivity index (χ1) is 14.1. The van der Waals surface area contributed by atoms with Crippen LogP contribution in [0.1, 0.15) is 41.6 Å². The van der Waals surface area contributed by atoms with E-state index in [4.69, 9.17) is 0 Å². The molecule has 1 saturated heterocycles. The van der Waals surface area contributed by atoms with Gasteiger partial charge in [0.2, 0.25) is 0 Å². The average Bonchev–Trinajstić information content (AvgIpc) is 2.74. The van der Waals surface area contributed by atoms with Crippen LogP contribution in [0.2, 0.25) is 0 Å². The normalized spacial score (nSPS) is 27.0. The predicted molar refractivity (Wildman–Crippen MR) is 116 cm³/mol. The van der Waals surface area contributed by atoms with Crippen LogP contribution in [0.25, 0.3) is 0 Å². The quantitative estimate of drug-likeness (QED) is 0.755. The van der Waals surface area contributed by atoms with Crippen LogP contribution < -0.4 is 5.32 Å². The van der Waals surface area contributed by atoms with Gasteiger partial charge in [-0.15, -0.1) is 6.58 Å². The Morgan fingerprint density at radius 1 is 1.21 bits per heavy atom. The van der Waals surface area contributed by atoms with E-state index in [1.54, 1.807) is 6.07 Å². The number of carbonyl (C=O) groups excluding carboxylic acids is 1. The van der Waals surface area contributed by atoms with Gasteiger partial charge in [0.15, 0.2) is 0 Å². The van der Waals surface area contributed by atoms with Crippen LogP contribution >= 0.6 is 0 Å². The lowest BCUT2D eigenvalue weighted by Gasteiger charge is -2.53. The molecule has 4 heteroatoms. The fraction of sp³-hybridized carbons (Fsp3) is 0.400. The van der Waals surface area contributed by atoms with Gasteiger partial charge in [-0.25, -0.2) is 0 Å². The summed E-state index contributed by atoms with van der Waals surface area (Å²) in [6.07, 6.45) is 6.00. The first-order valence-corrected chi connectivity index (χ1v) is 10.6. The number of rotatable bonds is 5. The van der Waals surface area contributed by atoms with Gasteiger partial charge in [-0.1, -0.05) is 36.4 Å². The maximum atomic E-state index is 12.7. The molecule has 4 rings (SSSR count). The number of piperidine rings is 1. The van der Waals surface area contributed by atoms with Crippen molar-refractivity contribution in [2.75, 3.05) is 19.6 Å². The number of likely N-dealkylation sites (tertiary alicyclic amines) is 1. The van der Waals surface area contributed by atoms with Crippen molar-refractivity contribution < 1.29 is 9.90 Å². The SMILES string of the molecule is C=CCN1CC[C@@]2(c3cccc(O)c3)C[C@@H](NC(=O)c3ccccc3)CC[C@@H]2C1. The van der Waals surface area contributed by atoms with Crippen LogP contribution in [0, 0.1) is 5.92 Å². The van der Waals surface area contributed by atoms with Crippen LogP contribution in [-0.2, 0) is 5.41 Å². The van der Waals surface area contributed by atoms with Gasteiger partial charge in [0.25, 0.3) is 5.91 Å². The molecule has 1 saturated carbocycles. The molecular formula is C25H30N2O2. The lowest BCUT2D eigenvalue weighted by Crippen LogP contribution is -2.56. The molecule has 1 aliphatic carbocycles. The number of phenols is 1. The van der Waals surface area contributed by atoms with E-state index in [1.165, 1.54) is 5.56 Å². The van der Waals surface area contributed by atoms with Crippen molar-refractivity contribution in [2.24, 2.45) is 5.92 Å². The van der Waals surface area contributed by atoms with Crippen LogP contribution in [0.5, 0.6) is 5.75 Å². The fourth-order valence-electron chi connectivity index (χ4n) is 5.36. The molecule has 3 atom stereocenters. The Bertz CT molecular complexity index is 866. The highest BCUT2D eigenvalue weighted by molar-refractivity contribution is 5.94. The smallest absolute Gasteiger partial charge is 0.251 e. The van der Waals surface area contributed by atoms with Crippen LogP contribution in [0.4, 0.5) is 0 Å². The number of carbonyl (C=O) groups is 1. The van der Waals surface area contributed by atoms with E-state index >= 15 is 0 Å². The molecule has 0 unspecified atom stereocenters. The van der Waals surface area contributed by atoms with Gasteiger partial charge in [0.1, 0.15) is 5.75 Å². The van der Waals surface area contributed by atoms with Crippen molar-refractivity contribution in [3.63, 3.8) is 0 Å². The molecule has 0 radical (unpaired) electrons. The minimum Gasteiger partial charge on any atom is -0.508 e. The average molecular weight is 391 g/mol. The van der Waals surface area contributed by atoms with Crippen LogP contribution in [-0.4, -0.2) is 41.6 Å². The van der Waals surface area contributed by atoms with Gasteiger partial charge in [0.05, 0.1) is 0 Å². The molecule has 0 aromatic heterocycles. The Balaban J connectivity index is 1.58. The molecule has 1 amide bonds. The highest BCUT2D eigenvalue weighted by Gasteiger charge is 2.48. The molecule has 0 spiro atoms. The zero-order valence-corrected chi connectivity index (χ0v) is 16.9. The van der Waals surface area contributed by atoms with Crippen molar-refractivity contribution in [2.45, 2.75) is 37.1 Å². The third kappa shape index (κ3) is 4.08. The number of hydrogen-bond acceptors (Lipinski definition) is 3. The first-order valence-electron chi connectivity index (χ1n) is 10.6. The van der Waals surface area contributed by atoms with Crippen molar-refractivity contribution in [3.05, 3.63) is 78.4 Å². The molecule has 2 aliphatic rings. The fourth-order valence-corrected chi connectivity index (χ4v) is 5.36. The Hall–Kier alpha value is -2.59. The topological polar surface area (TPSA) is 52.6 Å². The minimum atomic E-state index is -0.0106. The summed E-state index contributed by atoms with van der Waals surface area (Å²) in [6.45, 7) is 6.87. The Morgan fingerprint density at radius 3 is 2.79 bits per heavy atom. The summed E-state index contributed by atoms with van der Waals surface area (Å²) in [7, 11) is 0. The summed E-state index contributed by atoms with van der Waals surface area (Å²) < 4.78 is 0. The summed E-state index contributed by atoms with van der Waals surface area (Å²) >= 11 is 0. The second kappa shape index (κ2) is 8.42. The Morgan fingerprint density at radius 2 is 2.03 bits per heavy atom. The van der Waals surface area contributed by atoms with Crippen LogP contribution in [0.3, 0.4) is 0 Å². The number of fused-ring (bicyclic) bond motifs is 1. The summed E-state index contributed by atoms with van der Waals surface area (Å²) in [6, 6.07) is 17.3. The standard InChI is InChI=1S/C25H30N2O2/c1-2-14-27-15-13-25(20-9-6-10-23(28)16-20)17-22(12-11-21(25)18-27)26-24(29)19-7-4-3-5-8-19/h2-10,16,21-22,28H,1,11-15,17-18H2,(H,26,29)/t21-,22+,25+/m1/s1. The number of amides is 1. The first kappa shape index (κ1) is 19.7. The third-order valence-corrected chi connectivity index (χ3v) is 6.79. The van der Waals surface area contributed by atoms with Gasteiger partial charge in [0, 0.05) is 30.1 Å². The van der Waals surface area contributed by atoms with Gasteiger partial charge in [-0.2, -0.15) is 0 Å². The Kier molecular flexibility index (Phi) is 5.72. The van der Waals surface area contributed by atoms with Gasteiger partial charge < -0.3 is 10.4 Å². The molecule has 1 aliphatic heterocycles. The molecule has 4 nitrogen and oxygen atoms in total. The monoisotopic (exact) mass is 390 g/mol. The van der Waals surface area contributed by atoms with Crippen molar-refractivity contribution in [1.82, 2.24) is 10.2 Å². The third-order valence-electron chi connectivity index (χ3n) is 6.79. The number of nitrogens with zero attached hydrogens (tertiary/aromatic N) is 1. The van der Waals surface area contributed by atoms with Gasteiger partial charge in [-0.05, 0) is 68.0 Å². The van der Waals surface area contributed by atoms with Gasteiger partial charge >= 0.3 is 0 Å². The zero-order valence-electron chi connectivity index (χ0n) is 16.9. The summed E-state index contributed by atoms with van der Waals surface area (Å²) in [5.74, 6) is 0.840. The van der Waals surface area contributed by atoms with Crippen molar-refractivity contribution >= 4 is 5.91 Å². The lowest BCUT2D eigenvalue weighted by molar-refractivity contribution is 0.0473. The second-order valence-electron chi connectivity index (χ2n) is 8.52. The maximum Gasteiger partial charge on any atom is 0.251 e. The van der Waals surface area contributed by atoms with E-state index in [0.29, 0.717) is 17.2 Å². The lowest BCUT2D eigenvalue weighted by atomic mass is 9.58.